The van der Waals surface area contributed by atoms with Crippen molar-refractivity contribution in [2.75, 3.05) is 10.6 Å². The minimum atomic E-state index is -4.22. The number of nitro groups is 1. The van der Waals surface area contributed by atoms with E-state index in [-0.39, 0.29) is 4.90 Å². The summed E-state index contributed by atoms with van der Waals surface area (Å²) < 4.78 is 28.5. The number of para-hydroxylation sites is 2. The van der Waals surface area contributed by atoms with Gasteiger partial charge >= 0.3 is 0 Å². The van der Waals surface area contributed by atoms with Crippen LogP contribution in [0.25, 0.3) is 0 Å². The van der Waals surface area contributed by atoms with Gasteiger partial charge in [-0.05, 0) is 42.7 Å². The van der Waals surface area contributed by atoms with Crippen LogP contribution in [0.15, 0.2) is 86.3 Å². The van der Waals surface area contributed by atoms with Crippen LogP contribution in [-0.4, -0.2) is 19.6 Å². The largest absolute Gasteiger partial charge is 0.289 e. The van der Waals surface area contributed by atoms with Gasteiger partial charge in [-0.25, -0.2) is 12.7 Å². The van der Waals surface area contributed by atoms with Gasteiger partial charge < -0.3 is 0 Å². The molecular weight excluding hydrogens is 416 g/mol. The number of nitro benzene ring substituents is 1. The van der Waals surface area contributed by atoms with Crippen molar-refractivity contribution in [3.63, 3.8) is 0 Å². The molecule has 3 aromatic rings. The van der Waals surface area contributed by atoms with Crippen LogP contribution in [0.1, 0.15) is 0 Å². The molecule has 0 bridgehead atoms. The van der Waals surface area contributed by atoms with Crippen LogP contribution in [-0.2, 0) is 10.0 Å². The minimum Gasteiger partial charge on any atom is -0.258 e. The lowest BCUT2D eigenvalue weighted by molar-refractivity contribution is -0.387. The predicted octanol–water partition coefficient (Wildman–Crippen LogP) is 5.31. The van der Waals surface area contributed by atoms with Crippen LogP contribution >= 0.6 is 23.5 Å². The quantitative estimate of drug-likeness (QED) is 0.317. The Morgan fingerprint density at radius 1 is 0.964 bits per heavy atom. The van der Waals surface area contributed by atoms with Gasteiger partial charge in [-0.1, -0.05) is 36.0 Å². The van der Waals surface area contributed by atoms with E-state index in [0.717, 1.165) is 14.7 Å². The van der Waals surface area contributed by atoms with Crippen molar-refractivity contribution in [1.82, 2.24) is 0 Å². The van der Waals surface area contributed by atoms with Crippen molar-refractivity contribution in [2.24, 2.45) is 0 Å². The van der Waals surface area contributed by atoms with Crippen LogP contribution in [0.2, 0.25) is 0 Å². The fourth-order valence-corrected chi connectivity index (χ4v) is 6.28. The summed E-state index contributed by atoms with van der Waals surface area (Å²) in [4.78, 5) is 12.9. The smallest absolute Gasteiger partial charge is 0.258 e. The Bertz CT molecular complexity index is 1200. The molecule has 0 unspecified atom stereocenters. The maximum atomic E-state index is 13.6. The molecule has 0 fully saturated rings. The normalized spacial score (nSPS) is 13.0. The first kappa shape index (κ1) is 18.9. The fourth-order valence-electron chi connectivity index (χ4n) is 3.01. The third kappa shape index (κ3) is 3.05. The van der Waals surface area contributed by atoms with Gasteiger partial charge in [0.2, 0.25) is 0 Å². The number of anilines is 2. The van der Waals surface area contributed by atoms with Crippen LogP contribution in [0.3, 0.4) is 0 Å². The maximum absolute atomic E-state index is 13.6. The molecular formula is C19H14N2O4S3. The van der Waals surface area contributed by atoms with Crippen molar-refractivity contribution in [2.45, 2.75) is 19.6 Å². The van der Waals surface area contributed by atoms with E-state index in [1.165, 1.54) is 52.1 Å². The number of sulfonamides is 1. The third-order valence-electron chi connectivity index (χ3n) is 4.27. The summed E-state index contributed by atoms with van der Waals surface area (Å²) >= 11 is 2.98. The second-order valence-electron chi connectivity index (χ2n) is 5.90. The first-order valence-electron chi connectivity index (χ1n) is 8.17. The van der Waals surface area contributed by atoms with E-state index in [9.17, 15) is 18.5 Å². The molecule has 0 saturated heterocycles. The summed E-state index contributed by atoms with van der Waals surface area (Å²) in [6.07, 6.45) is 1.91. The molecule has 6 nitrogen and oxygen atoms in total. The Kier molecular flexibility index (Phi) is 4.82. The summed E-state index contributed by atoms with van der Waals surface area (Å²) in [5, 5.41) is 11.5. The highest BCUT2D eigenvalue weighted by atomic mass is 32.2. The molecule has 0 radical (unpaired) electrons. The number of hydrogen-bond acceptors (Lipinski definition) is 6. The molecule has 0 saturated carbocycles. The number of hydrogen-bond donors (Lipinski definition) is 0. The minimum absolute atomic E-state index is 0.331. The highest BCUT2D eigenvalue weighted by molar-refractivity contribution is 8.00. The molecule has 0 aromatic heterocycles. The monoisotopic (exact) mass is 430 g/mol. The lowest BCUT2D eigenvalue weighted by atomic mass is 10.2. The maximum Gasteiger partial charge on any atom is 0.289 e. The standard InChI is InChI=1S/C19H14N2O4S3/c1-26-13-10-11-18-16(12-13)20(14-6-2-4-8-17(14)27-18)28(24,25)19-9-5-3-7-15(19)21(22)23/h2-12H,1H3. The first-order valence-corrected chi connectivity index (χ1v) is 11.7. The topological polar surface area (TPSA) is 80.5 Å². The Balaban J connectivity index is 2.01. The summed E-state index contributed by atoms with van der Waals surface area (Å²) in [6.45, 7) is 0. The van der Waals surface area contributed by atoms with E-state index < -0.39 is 20.6 Å². The zero-order valence-corrected chi connectivity index (χ0v) is 17.1. The molecule has 142 valence electrons. The average molecular weight is 431 g/mol. The van der Waals surface area contributed by atoms with Gasteiger partial charge in [0.15, 0.2) is 4.90 Å². The SMILES string of the molecule is CSc1ccc2c(c1)N(S(=O)(=O)c1ccccc1[N+](=O)[O-])c1ccccc1S2. The molecule has 0 spiro atoms. The Morgan fingerprint density at radius 3 is 2.39 bits per heavy atom. The second-order valence-corrected chi connectivity index (χ2v) is 9.62. The highest BCUT2D eigenvalue weighted by Crippen LogP contribution is 2.51. The van der Waals surface area contributed by atoms with Gasteiger partial charge in [-0.2, -0.15) is 0 Å². The van der Waals surface area contributed by atoms with E-state index in [2.05, 4.69) is 0 Å². The number of thioether (sulfide) groups is 1. The number of fused-ring (bicyclic) bond motifs is 2. The summed E-state index contributed by atoms with van der Waals surface area (Å²) in [5.74, 6) is 0. The molecule has 0 aliphatic carbocycles. The fraction of sp³-hybridized carbons (Fsp3) is 0.0526. The molecule has 0 N–H and O–H groups in total. The third-order valence-corrected chi connectivity index (χ3v) is 7.90. The van der Waals surface area contributed by atoms with E-state index in [1.54, 1.807) is 18.2 Å². The van der Waals surface area contributed by atoms with Crippen molar-refractivity contribution < 1.29 is 13.3 Å². The van der Waals surface area contributed by atoms with Crippen LogP contribution in [0, 0.1) is 10.1 Å². The lowest BCUT2D eigenvalue weighted by Crippen LogP contribution is -2.29. The van der Waals surface area contributed by atoms with Gasteiger partial charge in [0.1, 0.15) is 0 Å². The molecule has 28 heavy (non-hydrogen) atoms. The van der Waals surface area contributed by atoms with Crippen molar-refractivity contribution in [1.29, 1.82) is 0 Å². The van der Waals surface area contributed by atoms with Crippen molar-refractivity contribution >= 4 is 50.6 Å². The summed E-state index contributed by atoms with van der Waals surface area (Å²) in [7, 11) is -4.22. The Labute approximate surface area is 170 Å². The van der Waals surface area contributed by atoms with Crippen LogP contribution < -0.4 is 4.31 Å². The Morgan fingerprint density at radius 2 is 1.64 bits per heavy atom. The van der Waals surface area contributed by atoms with Gasteiger partial charge in [-0.15, -0.1) is 11.8 Å². The molecule has 4 rings (SSSR count). The van der Waals surface area contributed by atoms with E-state index in [1.807, 2.05) is 30.5 Å². The number of rotatable bonds is 4. The molecule has 1 aliphatic heterocycles. The van der Waals surface area contributed by atoms with E-state index in [4.69, 9.17) is 0 Å². The molecule has 0 atom stereocenters. The second kappa shape index (κ2) is 7.16. The summed E-state index contributed by atoms with van der Waals surface area (Å²) in [6, 6.07) is 18.2. The van der Waals surface area contributed by atoms with Crippen LogP contribution in [0.4, 0.5) is 17.1 Å². The predicted molar refractivity (Wildman–Crippen MR) is 111 cm³/mol. The van der Waals surface area contributed by atoms with Gasteiger partial charge in [0.25, 0.3) is 15.7 Å². The average Bonchev–Trinajstić information content (AvgIpc) is 2.71. The molecule has 9 heteroatoms. The Hall–Kier alpha value is -2.49. The first-order chi connectivity index (χ1) is 13.4. The summed E-state index contributed by atoms with van der Waals surface area (Å²) in [5.41, 5.74) is 0.533. The van der Waals surface area contributed by atoms with Gasteiger partial charge in [0, 0.05) is 20.8 Å². The number of benzene rings is 3. The zero-order valence-electron chi connectivity index (χ0n) is 14.6. The lowest BCUT2D eigenvalue weighted by Gasteiger charge is -2.32. The van der Waals surface area contributed by atoms with Gasteiger partial charge in [-0.3, -0.25) is 10.1 Å². The van der Waals surface area contributed by atoms with Crippen LogP contribution in [0.5, 0.6) is 0 Å². The number of nitrogens with zero attached hydrogens (tertiary/aromatic N) is 2. The zero-order chi connectivity index (χ0) is 19.9. The van der Waals surface area contributed by atoms with Crippen molar-refractivity contribution in [3.8, 4) is 0 Å². The molecule has 3 aromatic carbocycles. The highest BCUT2D eigenvalue weighted by Gasteiger charge is 2.37. The van der Waals surface area contributed by atoms with E-state index in [0.29, 0.717) is 11.4 Å². The molecule has 1 heterocycles. The molecule has 0 amide bonds. The van der Waals surface area contributed by atoms with E-state index >= 15 is 0 Å². The molecule has 1 aliphatic rings. The van der Waals surface area contributed by atoms with Crippen molar-refractivity contribution in [3.05, 3.63) is 76.8 Å². The van der Waals surface area contributed by atoms with Gasteiger partial charge in [0.05, 0.1) is 16.3 Å².